The van der Waals surface area contributed by atoms with Crippen molar-refractivity contribution in [3.8, 4) is 5.69 Å². The summed E-state index contributed by atoms with van der Waals surface area (Å²) in [6.45, 7) is 0. The minimum atomic E-state index is -1.13. The zero-order valence-electron chi connectivity index (χ0n) is 8.39. The van der Waals surface area contributed by atoms with E-state index in [1.807, 2.05) is 0 Å². The summed E-state index contributed by atoms with van der Waals surface area (Å²) < 4.78 is 1.28. The molecule has 1 aromatic heterocycles. The highest BCUT2D eigenvalue weighted by atomic mass is 35.5. The number of aromatic carboxylic acids is 1. The molecular formula is C10H7Cl2N3O2. The Labute approximate surface area is 106 Å². The van der Waals surface area contributed by atoms with E-state index in [0.717, 1.165) is 0 Å². The fourth-order valence-electron chi connectivity index (χ4n) is 1.35. The summed E-state index contributed by atoms with van der Waals surface area (Å²) in [4.78, 5) is 10.8. The van der Waals surface area contributed by atoms with Gasteiger partial charge < -0.3 is 10.8 Å². The van der Waals surface area contributed by atoms with Crippen LogP contribution in [-0.4, -0.2) is 20.9 Å². The number of hydrogen-bond acceptors (Lipinski definition) is 3. The highest BCUT2D eigenvalue weighted by molar-refractivity contribution is 6.42. The molecule has 0 radical (unpaired) electrons. The Balaban J connectivity index is 2.53. The normalized spacial score (nSPS) is 10.5. The number of carboxylic acids is 1. The standard InChI is InChI=1S/C10H7Cl2N3O2/c11-7-2-1-5(3-8(7)12)15-9(13)6(4-14-15)10(16)17/h1-4H,13H2,(H,16,17). The molecule has 7 heteroatoms. The van der Waals surface area contributed by atoms with Crippen molar-refractivity contribution in [1.82, 2.24) is 9.78 Å². The number of nitrogens with zero attached hydrogens (tertiary/aromatic N) is 2. The Morgan fingerprint density at radius 3 is 2.59 bits per heavy atom. The van der Waals surface area contributed by atoms with Crippen LogP contribution in [-0.2, 0) is 0 Å². The van der Waals surface area contributed by atoms with E-state index < -0.39 is 5.97 Å². The lowest BCUT2D eigenvalue weighted by molar-refractivity contribution is 0.0698. The van der Waals surface area contributed by atoms with Gasteiger partial charge in [0.25, 0.3) is 0 Å². The van der Waals surface area contributed by atoms with E-state index in [2.05, 4.69) is 5.10 Å². The van der Waals surface area contributed by atoms with Crippen LogP contribution in [0.15, 0.2) is 24.4 Å². The van der Waals surface area contributed by atoms with E-state index in [-0.39, 0.29) is 11.4 Å². The lowest BCUT2D eigenvalue weighted by atomic mass is 10.3. The highest BCUT2D eigenvalue weighted by Gasteiger charge is 2.15. The van der Waals surface area contributed by atoms with Gasteiger partial charge in [0.05, 0.1) is 21.9 Å². The predicted octanol–water partition coefficient (Wildman–Crippen LogP) is 2.46. The molecule has 5 nitrogen and oxygen atoms in total. The Kier molecular flexibility index (Phi) is 2.95. The molecule has 0 amide bonds. The first-order valence-electron chi connectivity index (χ1n) is 4.53. The molecule has 88 valence electrons. The van der Waals surface area contributed by atoms with Crippen LogP contribution < -0.4 is 5.73 Å². The topological polar surface area (TPSA) is 81.1 Å². The minimum absolute atomic E-state index is 0.0379. The van der Waals surface area contributed by atoms with Crippen molar-refractivity contribution in [3.63, 3.8) is 0 Å². The quantitative estimate of drug-likeness (QED) is 0.879. The zero-order chi connectivity index (χ0) is 12.6. The molecule has 17 heavy (non-hydrogen) atoms. The maximum absolute atomic E-state index is 10.8. The molecule has 0 atom stereocenters. The maximum Gasteiger partial charge on any atom is 0.341 e. The molecule has 3 N–H and O–H groups in total. The molecular weight excluding hydrogens is 265 g/mol. The van der Waals surface area contributed by atoms with Gasteiger partial charge in [0.2, 0.25) is 0 Å². The predicted molar refractivity (Wildman–Crippen MR) is 65.0 cm³/mol. The van der Waals surface area contributed by atoms with Gasteiger partial charge in [-0.1, -0.05) is 23.2 Å². The minimum Gasteiger partial charge on any atom is -0.477 e. The molecule has 0 fully saturated rings. The van der Waals surface area contributed by atoms with Crippen LogP contribution in [0.2, 0.25) is 10.0 Å². The van der Waals surface area contributed by atoms with E-state index >= 15 is 0 Å². The monoisotopic (exact) mass is 271 g/mol. The van der Waals surface area contributed by atoms with Crippen LogP contribution in [0.25, 0.3) is 5.69 Å². The molecule has 2 aromatic rings. The largest absolute Gasteiger partial charge is 0.477 e. The SMILES string of the molecule is Nc1c(C(=O)O)cnn1-c1ccc(Cl)c(Cl)c1. The van der Waals surface area contributed by atoms with E-state index in [4.69, 9.17) is 34.0 Å². The summed E-state index contributed by atoms with van der Waals surface area (Å²) in [6.07, 6.45) is 1.18. The second-order valence-electron chi connectivity index (χ2n) is 3.26. The van der Waals surface area contributed by atoms with Crippen molar-refractivity contribution in [2.75, 3.05) is 5.73 Å². The van der Waals surface area contributed by atoms with Gasteiger partial charge in [-0.2, -0.15) is 5.10 Å². The average molecular weight is 272 g/mol. The fourth-order valence-corrected chi connectivity index (χ4v) is 1.64. The molecule has 2 rings (SSSR count). The molecule has 0 saturated heterocycles. The Morgan fingerprint density at radius 1 is 1.35 bits per heavy atom. The van der Waals surface area contributed by atoms with Gasteiger partial charge >= 0.3 is 5.97 Å². The molecule has 0 bridgehead atoms. The zero-order valence-corrected chi connectivity index (χ0v) is 9.90. The molecule has 0 spiro atoms. The van der Waals surface area contributed by atoms with E-state index in [0.29, 0.717) is 15.7 Å². The van der Waals surface area contributed by atoms with Gasteiger partial charge in [0.1, 0.15) is 11.4 Å². The van der Waals surface area contributed by atoms with Gasteiger partial charge in [-0.25, -0.2) is 9.48 Å². The summed E-state index contributed by atoms with van der Waals surface area (Å²) in [5.74, 6) is -1.09. The summed E-state index contributed by atoms with van der Waals surface area (Å²) in [6, 6.07) is 4.78. The summed E-state index contributed by atoms with van der Waals surface area (Å²) in [5.41, 5.74) is 6.15. The first-order chi connectivity index (χ1) is 8.00. The average Bonchev–Trinajstić information content (AvgIpc) is 2.64. The van der Waals surface area contributed by atoms with Crippen molar-refractivity contribution in [2.45, 2.75) is 0 Å². The van der Waals surface area contributed by atoms with Gasteiger partial charge in [0, 0.05) is 0 Å². The van der Waals surface area contributed by atoms with Crippen LogP contribution >= 0.6 is 23.2 Å². The number of carboxylic acid groups (broad SMARTS) is 1. The van der Waals surface area contributed by atoms with Crippen molar-refractivity contribution in [1.29, 1.82) is 0 Å². The van der Waals surface area contributed by atoms with Crippen molar-refractivity contribution in [3.05, 3.63) is 40.0 Å². The molecule has 0 unspecified atom stereocenters. The number of nitrogen functional groups attached to an aromatic ring is 1. The first kappa shape index (κ1) is 11.8. The van der Waals surface area contributed by atoms with Gasteiger partial charge in [0.15, 0.2) is 0 Å². The van der Waals surface area contributed by atoms with E-state index in [9.17, 15) is 4.79 Å². The van der Waals surface area contributed by atoms with E-state index in [1.54, 1.807) is 18.2 Å². The molecule has 1 aromatic carbocycles. The van der Waals surface area contributed by atoms with Crippen LogP contribution in [0.3, 0.4) is 0 Å². The summed E-state index contributed by atoms with van der Waals surface area (Å²) in [5, 5.41) is 13.5. The molecule has 1 heterocycles. The van der Waals surface area contributed by atoms with Crippen molar-refractivity contribution in [2.24, 2.45) is 0 Å². The Morgan fingerprint density at radius 2 is 2.06 bits per heavy atom. The third-order valence-corrected chi connectivity index (χ3v) is 2.92. The second kappa shape index (κ2) is 4.27. The van der Waals surface area contributed by atoms with Crippen LogP contribution in [0.5, 0.6) is 0 Å². The van der Waals surface area contributed by atoms with Crippen LogP contribution in [0, 0.1) is 0 Å². The van der Waals surface area contributed by atoms with Gasteiger partial charge in [-0.3, -0.25) is 0 Å². The summed E-state index contributed by atoms with van der Waals surface area (Å²) in [7, 11) is 0. The van der Waals surface area contributed by atoms with Crippen molar-refractivity contribution < 1.29 is 9.90 Å². The number of aromatic nitrogens is 2. The number of rotatable bonds is 2. The second-order valence-corrected chi connectivity index (χ2v) is 4.07. The molecule has 0 aliphatic heterocycles. The van der Waals surface area contributed by atoms with Gasteiger partial charge in [-0.05, 0) is 18.2 Å². The number of halogens is 2. The number of benzene rings is 1. The van der Waals surface area contributed by atoms with Crippen LogP contribution in [0.4, 0.5) is 5.82 Å². The number of carbonyl (C=O) groups is 1. The molecule has 0 aliphatic carbocycles. The molecule has 0 aliphatic rings. The smallest absolute Gasteiger partial charge is 0.341 e. The Bertz CT molecular complexity index is 595. The first-order valence-corrected chi connectivity index (χ1v) is 5.28. The van der Waals surface area contributed by atoms with Gasteiger partial charge in [-0.15, -0.1) is 0 Å². The van der Waals surface area contributed by atoms with Crippen LogP contribution in [0.1, 0.15) is 10.4 Å². The fraction of sp³-hybridized carbons (Fsp3) is 0. The lowest BCUT2D eigenvalue weighted by Crippen LogP contribution is -2.05. The lowest BCUT2D eigenvalue weighted by Gasteiger charge is -2.05. The Hall–Kier alpha value is -1.72. The third kappa shape index (κ3) is 2.07. The number of anilines is 1. The highest BCUT2D eigenvalue weighted by Crippen LogP contribution is 2.26. The van der Waals surface area contributed by atoms with Crippen molar-refractivity contribution >= 4 is 35.0 Å². The number of nitrogens with two attached hydrogens (primary N) is 1. The number of hydrogen-bond donors (Lipinski definition) is 2. The maximum atomic E-state index is 10.8. The third-order valence-electron chi connectivity index (χ3n) is 2.18. The molecule has 0 saturated carbocycles. The summed E-state index contributed by atoms with van der Waals surface area (Å²) >= 11 is 11.6. The van der Waals surface area contributed by atoms with E-state index in [1.165, 1.54) is 10.9 Å².